The highest BCUT2D eigenvalue weighted by molar-refractivity contribution is 6.01. The molecule has 4 N–H and O–H groups in total. The van der Waals surface area contributed by atoms with Crippen molar-refractivity contribution in [2.45, 2.75) is 0 Å². The molecule has 29 heavy (non-hydrogen) atoms. The molecule has 146 valence electrons. The van der Waals surface area contributed by atoms with Gasteiger partial charge >= 0.3 is 0 Å². The molecule has 0 unspecified atom stereocenters. The molecule has 3 aromatic carbocycles. The van der Waals surface area contributed by atoms with E-state index in [-0.39, 0.29) is 28.3 Å². The molecule has 2 amide bonds. The predicted octanol–water partition coefficient (Wildman–Crippen LogP) is 3.12. The minimum atomic E-state index is -0.747. The molecular formula is C20H16N4O5. The molecule has 0 fully saturated rings. The average molecular weight is 392 g/mol. The van der Waals surface area contributed by atoms with E-state index in [0.717, 1.165) is 6.07 Å². The fourth-order valence-electron chi connectivity index (χ4n) is 2.53. The quantitative estimate of drug-likeness (QED) is 0.389. The van der Waals surface area contributed by atoms with Gasteiger partial charge in [-0.25, -0.2) is 0 Å². The molecule has 9 nitrogen and oxygen atoms in total. The van der Waals surface area contributed by atoms with Crippen LogP contribution < -0.4 is 16.2 Å². The number of hydrazine groups is 1. The SMILES string of the molecule is O=C(NNC(=O)c1ccccc1O)c1ccc(Nc2ccccc2)c([N+](=O)[O-])c1. The number of amides is 2. The number of carbonyl (C=O) groups is 2. The number of nitrogens with one attached hydrogen (secondary N) is 3. The van der Waals surface area contributed by atoms with Crippen LogP contribution in [0.4, 0.5) is 17.1 Å². The van der Waals surface area contributed by atoms with Crippen LogP contribution >= 0.6 is 0 Å². The Morgan fingerprint density at radius 3 is 2.21 bits per heavy atom. The fraction of sp³-hybridized carbons (Fsp3) is 0. The molecular weight excluding hydrogens is 376 g/mol. The van der Waals surface area contributed by atoms with Crippen molar-refractivity contribution in [1.29, 1.82) is 0 Å². The molecule has 0 atom stereocenters. The van der Waals surface area contributed by atoms with Crippen LogP contribution in [0.3, 0.4) is 0 Å². The summed E-state index contributed by atoms with van der Waals surface area (Å²) in [6, 6.07) is 18.6. The Labute approximate surface area is 165 Å². The Morgan fingerprint density at radius 1 is 0.862 bits per heavy atom. The standard InChI is InChI=1S/C20H16N4O5/c25-18-9-5-4-8-15(18)20(27)23-22-19(26)13-10-11-16(17(12-13)24(28)29)21-14-6-2-1-3-7-14/h1-12,21,25H,(H,22,26)(H,23,27). The molecule has 0 heterocycles. The summed E-state index contributed by atoms with van der Waals surface area (Å²) in [6.45, 7) is 0. The molecule has 0 aliphatic heterocycles. The summed E-state index contributed by atoms with van der Waals surface area (Å²) < 4.78 is 0. The van der Waals surface area contributed by atoms with Crippen LogP contribution in [0.25, 0.3) is 0 Å². The zero-order valence-corrected chi connectivity index (χ0v) is 15.0. The summed E-state index contributed by atoms with van der Waals surface area (Å²) >= 11 is 0. The number of para-hydroxylation sites is 2. The molecule has 0 spiro atoms. The lowest BCUT2D eigenvalue weighted by atomic mass is 10.1. The summed E-state index contributed by atoms with van der Waals surface area (Å²) in [5.74, 6) is -1.72. The Balaban J connectivity index is 1.74. The van der Waals surface area contributed by atoms with Crippen molar-refractivity contribution < 1.29 is 19.6 Å². The van der Waals surface area contributed by atoms with E-state index in [1.807, 2.05) is 6.07 Å². The van der Waals surface area contributed by atoms with E-state index in [4.69, 9.17) is 0 Å². The van der Waals surface area contributed by atoms with Crippen LogP contribution in [-0.4, -0.2) is 21.8 Å². The number of aromatic hydroxyl groups is 1. The van der Waals surface area contributed by atoms with Crippen LogP contribution in [0.2, 0.25) is 0 Å². The van der Waals surface area contributed by atoms with Crippen LogP contribution in [0.15, 0.2) is 72.8 Å². The number of nitrogens with zero attached hydrogens (tertiary/aromatic N) is 1. The number of phenolic OH excluding ortho intramolecular Hbond substituents is 1. The Kier molecular flexibility index (Phi) is 5.69. The average Bonchev–Trinajstić information content (AvgIpc) is 2.73. The number of phenols is 1. The normalized spacial score (nSPS) is 10.1. The minimum absolute atomic E-state index is 0.0205. The first-order valence-electron chi connectivity index (χ1n) is 8.45. The highest BCUT2D eigenvalue weighted by Gasteiger charge is 2.19. The summed E-state index contributed by atoms with van der Waals surface area (Å²) in [4.78, 5) is 35.1. The molecule has 0 saturated heterocycles. The largest absolute Gasteiger partial charge is 0.507 e. The number of anilines is 2. The van der Waals surface area contributed by atoms with E-state index in [1.54, 1.807) is 36.4 Å². The summed E-state index contributed by atoms with van der Waals surface area (Å²) in [5.41, 5.74) is 4.85. The fourth-order valence-corrected chi connectivity index (χ4v) is 2.53. The molecule has 3 aromatic rings. The second-order valence-electron chi connectivity index (χ2n) is 5.91. The van der Waals surface area contributed by atoms with Crippen molar-refractivity contribution in [3.8, 4) is 5.75 Å². The predicted molar refractivity (Wildman–Crippen MR) is 106 cm³/mol. The maximum Gasteiger partial charge on any atom is 0.293 e. The van der Waals surface area contributed by atoms with E-state index < -0.39 is 16.7 Å². The van der Waals surface area contributed by atoms with Gasteiger partial charge in [-0.3, -0.25) is 30.6 Å². The van der Waals surface area contributed by atoms with Crippen molar-refractivity contribution in [1.82, 2.24) is 10.9 Å². The molecule has 9 heteroatoms. The van der Waals surface area contributed by atoms with Gasteiger partial charge in [0.15, 0.2) is 0 Å². The van der Waals surface area contributed by atoms with E-state index in [2.05, 4.69) is 16.2 Å². The van der Waals surface area contributed by atoms with Gasteiger partial charge in [0.05, 0.1) is 10.5 Å². The Bertz CT molecular complexity index is 1070. The first-order valence-corrected chi connectivity index (χ1v) is 8.45. The van der Waals surface area contributed by atoms with Gasteiger partial charge in [0, 0.05) is 17.3 Å². The van der Waals surface area contributed by atoms with Crippen LogP contribution in [0.1, 0.15) is 20.7 Å². The van der Waals surface area contributed by atoms with E-state index in [1.165, 1.54) is 24.3 Å². The Morgan fingerprint density at radius 2 is 1.52 bits per heavy atom. The van der Waals surface area contributed by atoms with Crippen molar-refractivity contribution in [3.63, 3.8) is 0 Å². The summed E-state index contributed by atoms with van der Waals surface area (Å²) in [7, 11) is 0. The number of hydrogen-bond donors (Lipinski definition) is 4. The lowest BCUT2D eigenvalue weighted by Gasteiger charge is -2.10. The van der Waals surface area contributed by atoms with Gasteiger partial charge < -0.3 is 10.4 Å². The zero-order valence-electron chi connectivity index (χ0n) is 15.0. The number of carbonyl (C=O) groups excluding carboxylic acids is 2. The van der Waals surface area contributed by atoms with Gasteiger partial charge in [0.25, 0.3) is 17.5 Å². The number of nitro benzene ring substituents is 1. The molecule has 0 aliphatic rings. The van der Waals surface area contributed by atoms with E-state index in [9.17, 15) is 24.8 Å². The monoisotopic (exact) mass is 392 g/mol. The molecule has 0 aromatic heterocycles. The number of nitro groups is 1. The van der Waals surface area contributed by atoms with Gasteiger partial charge in [0.1, 0.15) is 11.4 Å². The second kappa shape index (κ2) is 8.53. The molecule has 0 bridgehead atoms. The minimum Gasteiger partial charge on any atom is -0.507 e. The topological polar surface area (TPSA) is 134 Å². The van der Waals surface area contributed by atoms with Gasteiger partial charge in [-0.05, 0) is 36.4 Å². The molecule has 0 aliphatic carbocycles. The molecule has 0 radical (unpaired) electrons. The number of rotatable bonds is 5. The third-order valence-electron chi connectivity index (χ3n) is 3.95. The maximum absolute atomic E-state index is 12.3. The van der Waals surface area contributed by atoms with Crippen molar-refractivity contribution in [2.75, 3.05) is 5.32 Å². The van der Waals surface area contributed by atoms with Crippen LogP contribution in [0, 0.1) is 10.1 Å². The zero-order chi connectivity index (χ0) is 20.8. The van der Waals surface area contributed by atoms with Gasteiger partial charge in [-0.15, -0.1) is 0 Å². The third kappa shape index (κ3) is 4.66. The molecule has 3 rings (SSSR count). The summed E-state index contributed by atoms with van der Waals surface area (Å²) in [6.07, 6.45) is 0. The first kappa shape index (κ1) is 19.4. The van der Waals surface area contributed by atoms with Crippen molar-refractivity contribution in [2.24, 2.45) is 0 Å². The van der Waals surface area contributed by atoms with Crippen molar-refractivity contribution >= 4 is 28.9 Å². The second-order valence-corrected chi connectivity index (χ2v) is 5.91. The Hall–Kier alpha value is -4.40. The lowest BCUT2D eigenvalue weighted by Crippen LogP contribution is -2.41. The van der Waals surface area contributed by atoms with Gasteiger partial charge in [-0.2, -0.15) is 0 Å². The summed E-state index contributed by atoms with van der Waals surface area (Å²) in [5, 5.41) is 24.0. The smallest absolute Gasteiger partial charge is 0.293 e. The van der Waals surface area contributed by atoms with Crippen molar-refractivity contribution in [3.05, 3.63) is 94.0 Å². The highest BCUT2D eigenvalue weighted by Crippen LogP contribution is 2.28. The third-order valence-corrected chi connectivity index (χ3v) is 3.95. The number of hydrogen-bond acceptors (Lipinski definition) is 6. The highest BCUT2D eigenvalue weighted by atomic mass is 16.6. The van der Waals surface area contributed by atoms with Gasteiger partial charge in [0.2, 0.25) is 0 Å². The number of benzene rings is 3. The molecule has 0 saturated carbocycles. The van der Waals surface area contributed by atoms with E-state index in [0.29, 0.717) is 5.69 Å². The van der Waals surface area contributed by atoms with Crippen LogP contribution in [-0.2, 0) is 0 Å². The van der Waals surface area contributed by atoms with Gasteiger partial charge in [-0.1, -0.05) is 30.3 Å². The first-order chi connectivity index (χ1) is 14.0. The van der Waals surface area contributed by atoms with E-state index >= 15 is 0 Å². The maximum atomic E-state index is 12.3. The lowest BCUT2D eigenvalue weighted by molar-refractivity contribution is -0.383. The van der Waals surface area contributed by atoms with Crippen LogP contribution in [0.5, 0.6) is 5.75 Å².